The van der Waals surface area contributed by atoms with Gasteiger partial charge in [0.1, 0.15) is 0 Å². The van der Waals surface area contributed by atoms with Gasteiger partial charge >= 0.3 is 0 Å². The Labute approximate surface area is 61.5 Å². The fraction of sp³-hybridized carbons (Fsp3) is 0.750. The molecule has 0 aromatic carbocycles. The first-order chi connectivity index (χ1) is 4.84. The zero-order valence-electron chi connectivity index (χ0n) is 6.12. The summed E-state index contributed by atoms with van der Waals surface area (Å²) >= 11 is 0. The highest BCUT2D eigenvalue weighted by Crippen LogP contribution is 2.17. The summed E-state index contributed by atoms with van der Waals surface area (Å²) in [6, 6.07) is 0. The Hall–Kier alpha value is -0.340. The Bertz CT molecular complexity index is 106. The van der Waals surface area contributed by atoms with Gasteiger partial charge in [0.25, 0.3) is 0 Å². The van der Waals surface area contributed by atoms with Crippen LogP contribution in [0.25, 0.3) is 0 Å². The first-order valence-corrected chi connectivity index (χ1v) is 3.75. The van der Waals surface area contributed by atoms with Crippen molar-refractivity contribution in [3.63, 3.8) is 0 Å². The SMILES string of the molecule is C=CCC(O)C1CCCO1. The molecule has 0 spiro atoms. The van der Waals surface area contributed by atoms with Crippen molar-refractivity contribution >= 4 is 0 Å². The van der Waals surface area contributed by atoms with Crippen LogP contribution in [0.4, 0.5) is 0 Å². The van der Waals surface area contributed by atoms with E-state index in [1.807, 2.05) is 0 Å². The van der Waals surface area contributed by atoms with Crippen molar-refractivity contribution in [1.29, 1.82) is 0 Å². The molecule has 58 valence electrons. The van der Waals surface area contributed by atoms with Crippen molar-refractivity contribution in [3.05, 3.63) is 12.7 Å². The molecule has 1 saturated heterocycles. The van der Waals surface area contributed by atoms with E-state index in [2.05, 4.69) is 6.58 Å². The summed E-state index contributed by atoms with van der Waals surface area (Å²) in [5.74, 6) is 0. The van der Waals surface area contributed by atoms with Crippen LogP contribution in [0.1, 0.15) is 19.3 Å². The Kier molecular flexibility index (Phi) is 2.90. The molecule has 1 fully saturated rings. The molecule has 2 heteroatoms. The van der Waals surface area contributed by atoms with Crippen LogP contribution in [0.3, 0.4) is 0 Å². The van der Waals surface area contributed by atoms with Crippen LogP contribution in [0.5, 0.6) is 0 Å². The fourth-order valence-electron chi connectivity index (χ4n) is 1.23. The third-order valence-corrected chi connectivity index (χ3v) is 1.80. The van der Waals surface area contributed by atoms with Gasteiger partial charge in [-0.2, -0.15) is 0 Å². The predicted molar refractivity (Wildman–Crippen MR) is 39.8 cm³/mol. The zero-order valence-corrected chi connectivity index (χ0v) is 6.12. The second kappa shape index (κ2) is 3.74. The molecule has 0 aromatic heterocycles. The fourth-order valence-corrected chi connectivity index (χ4v) is 1.23. The van der Waals surface area contributed by atoms with E-state index in [4.69, 9.17) is 4.74 Å². The zero-order chi connectivity index (χ0) is 7.40. The molecule has 10 heavy (non-hydrogen) atoms. The molecule has 2 nitrogen and oxygen atoms in total. The molecule has 1 heterocycles. The van der Waals surface area contributed by atoms with Crippen molar-refractivity contribution in [3.8, 4) is 0 Å². The molecule has 1 N–H and O–H groups in total. The average Bonchev–Trinajstić information content (AvgIpc) is 2.38. The second-order valence-electron chi connectivity index (χ2n) is 2.64. The number of ether oxygens (including phenoxy) is 1. The maximum absolute atomic E-state index is 9.35. The van der Waals surface area contributed by atoms with E-state index in [0.717, 1.165) is 19.4 Å². The van der Waals surface area contributed by atoms with Gasteiger partial charge in [-0.05, 0) is 19.3 Å². The molecule has 0 amide bonds. The lowest BCUT2D eigenvalue weighted by molar-refractivity contribution is 0.000581. The van der Waals surface area contributed by atoms with Gasteiger partial charge in [-0.3, -0.25) is 0 Å². The van der Waals surface area contributed by atoms with Crippen molar-refractivity contribution in [2.24, 2.45) is 0 Å². The molecule has 0 radical (unpaired) electrons. The van der Waals surface area contributed by atoms with Crippen molar-refractivity contribution in [2.45, 2.75) is 31.5 Å². The van der Waals surface area contributed by atoms with Crippen molar-refractivity contribution in [1.82, 2.24) is 0 Å². The van der Waals surface area contributed by atoms with Crippen LogP contribution >= 0.6 is 0 Å². The molecule has 0 aromatic rings. The minimum atomic E-state index is -0.333. The van der Waals surface area contributed by atoms with Gasteiger partial charge in [0, 0.05) is 6.61 Å². The average molecular weight is 142 g/mol. The lowest BCUT2D eigenvalue weighted by atomic mass is 10.1. The summed E-state index contributed by atoms with van der Waals surface area (Å²) in [4.78, 5) is 0. The van der Waals surface area contributed by atoms with E-state index in [0.29, 0.717) is 6.42 Å². The Morgan fingerprint density at radius 2 is 2.60 bits per heavy atom. The van der Waals surface area contributed by atoms with E-state index >= 15 is 0 Å². The van der Waals surface area contributed by atoms with Crippen LogP contribution in [0.15, 0.2) is 12.7 Å². The molecule has 1 rings (SSSR count). The van der Waals surface area contributed by atoms with Crippen molar-refractivity contribution < 1.29 is 9.84 Å². The molecule has 0 saturated carbocycles. The van der Waals surface area contributed by atoms with E-state index in [-0.39, 0.29) is 12.2 Å². The number of aliphatic hydroxyl groups excluding tert-OH is 1. The molecule has 2 unspecified atom stereocenters. The molecule has 1 aliphatic rings. The number of hydrogen-bond donors (Lipinski definition) is 1. The first kappa shape index (κ1) is 7.76. The summed E-state index contributed by atoms with van der Waals surface area (Å²) in [7, 11) is 0. The van der Waals surface area contributed by atoms with E-state index in [1.54, 1.807) is 6.08 Å². The minimum Gasteiger partial charge on any atom is -0.390 e. The molecule has 1 aliphatic heterocycles. The second-order valence-corrected chi connectivity index (χ2v) is 2.64. The topological polar surface area (TPSA) is 29.5 Å². The normalized spacial score (nSPS) is 28.3. The highest BCUT2D eigenvalue weighted by molar-refractivity contribution is 4.80. The largest absolute Gasteiger partial charge is 0.390 e. The third-order valence-electron chi connectivity index (χ3n) is 1.80. The van der Waals surface area contributed by atoms with Crippen LogP contribution in [0, 0.1) is 0 Å². The number of aliphatic hydroxyl groups is 1. The molecule has 2 atom stereocenters. The monoisotopic (exact) mass is 142 g/mol. The summed E-state index contributed by atoms with van der Waals surface area (Å²) in [5.41, 5.74) is 0. The molecular formula is C8H14O2. The maximum atomic E-state index is 9.35. The van der Waals surface area contributed by atoms with Gasteiger partial charge in [-0.1, -0.05) is 6.08 Å². The Morgan fingerprint density at radius 3 is 3.10 bits per heavy atom. The van der Waals surface area contributed by atoms with Crippen molar-refractivity contribution in [2.75, 3.05) is 6.61 Å². The standard InChI is InChI=1S/C8H14O2/c1-2-4-7(9)8-5-3-6-10-8/h2,7-9H,1,3-6H2. The summed E-state index contributed by atoms with van der Waals surface area (Å²) in [6.07, 6.45) is 4.18. The van der Waals surface area contributed by atoms with Crippen LogP contribution < -0.4 is 0 Å². The van der Waals surface area contributed by atoms with Gasteiger partial charge in [0.2, 0.25) is 0 Å². The lowest BCUT2D eigenvalue weighted by Gasteiger charge is -2.14. The number of rotatable bonds is 3. The molecular weight excluding hydrogens is 128 g/mol. The highest BCUT2D eigenvalue weighted by Gasteiger charge is 2.22. The number of hydrogen-bond acceptors (Lipinski definition) is 2. The smallest absolute Gasteiger partial charge is 0.0837 e. The Morgan fingerprint density at radius 1 is 1.80 bits per heavy atom. The quantitative estimate of drug-likeness (QED) is 0.598. The van der Waals surface area contributed by atoms with Crippen LogP contribution in [0.2, 0.25) is 0 Å². The molecule has 0 aliphatic carbocycles. The van der Waals surface area contributed by atoms with Gasteiger partial charge in [0.15, 0.2) is 0 Å². The summed E-state index contributed by atoms with van der Waals surface area (Å²) < 4.78 is 5.27. The summed E-state index contributed by atoms with van der Waals surface area (Å²) in [5, 5.41) is 9.35. The maximum Gasteiger partial charge on any atom is 0.0837 e. The lowest BCUT2D eigenvalue weighted by Crippen LogP contribution is -2.24. The van der Waals surface area contributed by atoms with Gasteiger partial charge in [-0.15, -0.1) is 6.58 Å². The van der Waals surface area contributed by atoms with E-state index in [1.165, 1.54) is 0 Å². The predicted octanol–water partition coefficient (Wildman–Crippen LogP) is 1.10. The third kappa shape index (κ3) is 1.82. The highest BCUT2D eigenvalue weighted by atomic mass is 16.5. The minimum absolute atomic E-state index is 0.0676. The van der Waals surface area contributed by atoms with Gasteiger partial charge in [0.05, 0.1) is 12.2 Å². The van der Waals surface area contributed by atoms with E-state index in [9.17, 15) is 5.11 Å². The van der Waals surface area contributed by atoms with Gasteiger partial charge in [-0.25, -0.2) is 0 Å². The summed E-state index contributed by atoms with van der Waals surface area (Å²) in [6.45, 7) is 4.36. The van der Waals surface area contributed by atoms with Gasteiger partial charge < -0.3 is 9.84 Å². The van der Waals surface area contributed by atoms with Crippen LogP contribution in [-0.2, 0) is 4.74 Å². The first-order valence-electron chi connectivity index (χ1n) is 3.75. The molecule has 0 bridgehead atoms. The van der Waals surface area contributed by atoms with Crippen LogP contribution in [-0.4, -0.2) is 23.9 Å². The van der Waals surface area contributed by atoms with E-state index < -0.39 is 0 Å². The Balaban J connectivity index is 2.24.